The molecule has 1 heterocycles. The van der Waals surface area contributed by atoms with Gasteiger partial charge in [-0.3, -0.25) is 0 Å². The topological polar surface area (TPSA) is 3.24 Å². The van der Waals surface area contributed by atoms with E-state index in [4.69, 9.17) is 0 Å². The van der Waals surface area contributed by atoms with Crippen LogP contribution in [0.1, 0.15) is 72.1 Å². The summed E-state index contributed by atoms with van der Waals surface area (Å²) in [7, 11) is 0. The molecule has 1 aliphatic heterocycles. The maximum atomic E-state index is 2.69. The number of hydrogen-bond acceptors (Lipinski definition) is 1. The molecule has 102 valence electrons. The first kappa shape index (κ1) is 15.0. The molecule has 0 radical (unpaired) electrons. The van der Waals surface area contributed by atoms with E-state index in [1.165, 1.54) is 71.0 Å². The van der Waals surface area contributed by atoms with Crippen molar-refractivity contribution in [2.24, 2.45) is 11.8 Å². The normalized spacial score (nSPS) is 19.1. The van der Waals surface area contributed by atoms with Gasteiger partial charge in [-0.25, -0.2) is 0 Å². The van der Waals surface area contributed by atoms with Gasteiger partial charge in [0.2, 0.25) is 0 Å². The minimum Gasteiger partial charge on any atom is -0.303 e. The van der Waals surface area contributed by atoms with E-state index < -0.39 is 0 Å². The summed E-state index contributed by atoms with van der Waals surface area (Å²) in [6.07, 6.45) is 11.5. The molecule has 1 saturated heterocycles. The maximum Gasteiger partial charge on any atom is -0.00160 e. The van der Waals surface area contributed by atoms with E-state index >= 15 is 0 Å². The van der Waals surface area contributed by atoms with Crippen molar-refractivity contribution in [3.05, 3.63) is 0 Å². The predicted molar refractivity (Wildman–Crippen MR) is 77.4 cm³/mol. The lowest BCUT2D eigenvalue weighted by atomic mass is 9.87. The Hall–Kier alpha value is -0.0400. The Labute approximate surface area is 109 Å². The summed E-state index contributed by atoms with van der Waals surface area (Å²) in [5.41, 5.74) is 0. The molecule has 0 spiro atoms. The van der Waals surface area contributed by atoms with Crippen LogP contribution in [-0.2, 0) is 0 Å². The second-order valence-electron chi connectivity index (χ2n) is 6.19. The molecule has 1 rings (SSSR count). The van der Waals surface area contributed by atoms with Crippen molar-refractivity contribution >= 4 is 0 Å². The molecule has 0 atom stereocenters. The first-order valence-corrected chi connectivity index (χ1v) is 7.96. The molecule has 1 aliphatic rings. The van der Waals surface area contributed by atoms with E-state index in [9.17, 15) is 0 Å². The molecule has 0 aliphatic carbocycles. The zero-order valence-corrected chi connectivity index (χ0v) is 12.4. The van der Waals surface area contributed by atoms with Crippen LogP contribution < -0.4 is 0 Å². The highest BCUT2D eigenvalue weighted by Gasteiger charge is 2.20. The maximum absolute atomic E-state index is 2.69. The van der Waals surface area contributed by atoms with Gasteiger partial charge in [0.25, 0.3) is 0 Å². The largest absolute Gasteiger partial charge is 0.303 e. The van der Waals surface area contributed by atoms with E-state index in [-0.39, 0.29) is 0 Å². The summed E-state index contributed by atoms with van der Waals surface area (Å²) in [5, 5.41) is 0. The van der Waals surface area contributed by atoms with Crippen LogP contribution in [0.15, 0.2) is 0 Å². The SMILES string of the molecule is CCCCCCCCN1CCC(C(C)C)CC1. The van der Waals surface area contributed by atoms with Gasteiger partial charge in [-0.15, -0.1) is 0 Å². The van der Waals surface area contributed by atoms with E-state index in [2.05, 4.69) is 25.7 Å². The van der Waals surface area contributed by atoms with E-state index in [0.717, 1.165) is 11.8 Å². The molecule has 17 heavy (non-hydrogen) atoms. The zero-order chi connectivity index (χ0) is 12.5. The molecular weight excluding hydrogens is 206 g/mol. The zero-order valence-electron chi connectivity index (χ0n) is 12.4. The molecule has 0 saturated carbocycles. The fraction of sp³-hybridized carbons (Fsp3) is 1.00. The van der Waals surface area contributed by atoms with Crippen LogP contribution in [-0.4, -0.2) is 24.5 Å². The van der Waals surface area contributed by atoms with Gasteiger partial charge in [0.15, 0.2) is 0 Å². The number of nitrogens with zero attached hydrogens (tertiary/aromatic N) is 1. The molecule has 0 aromatic heterocycles. The van der Waals surface area contributed by atoms with Gasteiger partial charge in [-0.2, -0.15) is 0 Å². The number of piperidine rings is 1. The first-order chi connectivity index (χ1) is 8.24. The molecule has 1 fully saturated rings. The minimum absolute atomic E-state index is 0.895. The Morgan fingerprint density at radius 3 is 2.12 bits per heavy atom. The Morgan fingerprint density at radius 1 is 0.941 bits per heavy atom. The Morgan fingerprint density at radius 2 is 1.53 bits per heavy atom. The predicted octanol–water partition coefficient (Wildman–Crippen LogP) is 4.71. The second-order valence-corrected chi connectivity index (χ2v) is 6.19. The summed E-state index contributed by atoms with van der Waals surface area (Å²) < 4.78 is 0. The molecule has 0 unspecified atom stereocenters. The van der Waals surface area contributed by atoms with Crippen LogP contribution in [0.2, 0.25) is 0 Å². The van der Waals surface area contributed by atoms with Gasteiger partial charge >= 0.3 is 0 Å². The third-order valence-corrected chi connectivity index (χ3v) is 4.40. The second kappa shape index (κ2) is 8.97. The van der Waals surface area contributed by atoms with Crippen molar-refractivity contribution < 1.29 is 0 Å². The molecule has 0 aromatic carbocycles. The first-order valence-electron chi connectivity index (χ1n) is 7.96. The summed E-state index contributed by atoms with van der Waals surface area (Å²) in [4.78, 5) is 2.69. The number of rotatable bonds is 8. The average molecular weight is 239 g/mol. The summed E-state index contributed by atoms with van der Waals surface area (Å²) in [6, 6.07) is 0. The smallest absolute Gasteiger partial charge is 0.00160 e. The number of likely N-dealkylation sites (tertiary alicyclic amines) is 1. The van der Waals surface area contributed by atoms with Crippen LogP contribution in [0.3, 0.4) is 0 Å². The van der Waals surface area contributed by atoms with Gasteiger partial charge in [0.1, 0.15) is 0 Å². The van der Waals surface area contributed by atoms with Crippen LogP contribution in [0, 0.1) is 11.8 Å². The van der Waals surface area contributed by atoms with Crippen LogP contribution in [0.25, 0.3) is 0 Å². The average Bonchev–Trinajstić information content (AvgIpc) is 2.34. The summed E-state index contributed by atoms with van der Waals surface area (Å²) in [5.74, 6) is 1.89. The van der Waals surface area contributed by atoms with Crippen LogP contribution in [0.4, 0.5) is 0 Å². The number of unbranched alkanes of at least 4 members (excludes halogenated alkanes) is 5. The van der Waals surface area contributed by atoms with Crippen LogP contribution >= 0.6 is 0 Å². The molecule has 0 N–H and O–H groups in total. The molecule has 0 bridgehead atoms. The van der Waals surface area contributed by atoms with Crippen molar-refractivity contribution in [2.45, 2.75) is 72.1 Å². The lowest BCUT2D eigenvalue weighted by molar-refractivity contribution is 0.155. The third-order valence-electron chi connectivity index (χ3n) is 4.40. The van der Waals surface area contributed by atoms with Gasteiger partial charge in [0, 0.05) is 0 Å². The van der Waals surface area contributed by atoms with Gasteiger partial charge in [-0.05, 0) is 50.7 Å². The molecule has 1 heteroatoms. The van der Waals surface area contributed by atoms with E-state index in [0.29, 0.717) is 0 Å². The Bertz CT molecular complexity index is 168. The van der Waals surface area contributed by atoms with Crippen molar-refractivity contribution in [1.29, 1.82) is 0 Å². The molecule has 1 nitrogen and oxygen atoms in total. The van der Waals surface area contributed by atoms with Crippen molar-refractivity contribution in [2.75, 3.05) is 19.6 Å². The van der Waals surface area contributed by atoms with Crippen LogP contribution in [0.5, 0.6) is 0 Å². The highest BCUT2D eigenvalue weighted by Crippen LogP contribution is 2.24. The van der Waals surface area contributed by atoms with Gasteiger partial charge < -0.3 is 4.90 Å². The molecule has 0 aromatic rings. The van der Waals surface area contributed by atoms with E-state index in [1.807, 2.05) is 0 Å². The fourth-order valence-corrected chi connectivity index (χ4v) is 2.96. The Balaban J connectivity index is 1.95. The minimum atomic E-state index is 0.895. The highest BCUT2D eigenvalue weighted by molar-refractivity contribution is 4.74. The lowest BCUT2D eigenvalue weighted by Gasteiger charge is -2.33. The van der Waals surface area contributed by atoms with Crippen molar-refractivity contribution in [1.82, 2.24) is 4.90 Å². The summed E-state index contributed by atoms with van der Waals surface area (Å²) >= 11 is 0. The molecular formula is C16H33N. The monoisotopic (exact) mass is 239 g/mol. The highest BCUT2D eigenvalue weighted by atomic mass is 15.1. The summed E-state index contributed by atoms with van der Waals surface area (Å²) in [6.45, 7) is 11.1. The Kier molecular flexibility index (Phi) is 7.92. The molecule has 0 amide bonds. The number of hydrogen-bond donors (Lipinski definition) is 0. The standard InChI is InChI=1S/C16H33N/c1-4-5-6-7-8-9-12-17-13-10-16(11-14-17)15(2)3/h15-16H,4-14H2,1-3H3. The quantitative estimate of drug-likeness (QED) is 0.554. The third kappa shape index (κ3) is 6.45. The van der Waals surface area contributed by atoms with Gasteiger partial charge in [0.05, 0.1) is 0 Å². The van der Waals surface area contributed by atoms with Gasteiger partial charge in [-0.1, -0.05) is 52.9 Å². The van der Waals surface area contributed by atoms with Crippen molar-refractivity contribution in [3.63, 3.8) is 0 Å². The van der Waals surface area contributed by atoms with E-state index in [1.54, 1.807) is 0 Å². The lowest BCUT2D eigenvalue weighted by Crippen LogP contribution is -2.35. The van der Waals surface area contributed by atoms with Crippen molar-refractivity contribution in [3.8, 4) is 0 Å². The fourth-order valence-electron chi connectivity index (χ4n) is 2.96.